The normalized spacial score (nSPS) is 19.6. The number of hydroxylamine groups is 1. The van der Waals surface area contributed by atoms with E-state index in [4.69, 9.17) is 10.6 Å². The highest BCUT2D eigenvalue weighted by Gasteiger charge is 2.18. The fourth-order valence-corrected chi connectivity index (χ4v) is 1.67. The number of hydrogen-bond acceptors (Lipinski definition) is 3. The maximum Gasteiger partial charge on any atom is 0.260 e. The fraction of sp³-hybridized carbons (Fsp3) is 0.900. The zero-order valence-electron chi connectivity index (χ0n) is 8.79. The molecule has 82 valence electrons. The summed E-state index contributed by atoms with van der Waals surface area (Å²) in [4.78, 5) is 16.6. The summed E-state index contributed by atoms with van der Waals surface area (Å²) in [6.07, 6.45) is 6.31. The molecular formula is C10H20N2O2. The Morgan fingerprint density at radius 3 is 2.79 bits per heavy atom. The van der Waals surface area contributed by atoms with Gasteiger partial charge in [-0.05, 0) is 19.3 Å². The lowest BCUT2D eigenvalue weighted by Crippen LogP contribution is -2.41. The van der Waals surface area contributed by atoms with Crippen LogP contribution >= 0.6 is 0 Å². The van der Waals surface area contributed by atoms with Crippen LogP contribution in [0.2, 0.25) is 0 Å². The van der Waals surface area contributed by atoms with E-state index in [0.717, 1.165) is 19.3 Å². The first-order chi connectivity index (χ1) is 6.74. The van der Waals surface area contributed by atoms with E-state index in [-0.39, 0.29) is 12.0 Å². The average molecular weight is 200 g/mol. The number of carbonyl (C=O) groups is 1. The number of rotatable bonds is 5. The summed E-state index contributed by atoms with van der Waals surface area (Å²) in [7, 11) is 0. The van der Waals surface area contributed by atoms with Crippen molar-refractivity contribution in [3.05, 3.63) is 0 Å². The molecule has 0 unspecified atom stereocenters. The van der Waals surface area contributed by atoms with Gasteiger partial charge in [-0.3, -0.25) is 9.63 Å². The summed E-state index contributed by atoms with van der Waals surface area (Å²) in [6.45, 7) is 2.00. The molecule has 1 saturated carbocycles. The molecule has 1 aliphatic rings. The first kappa shape index (κ1) is 11.5. The van der Waals surface area contributed by atoms with E-state index in [0.29, 0.717) is 6.42 Å². The Bertz CT molecular complexity index is 179. The van der Waals surface area contributed by atoms with E-state index in [1.165, 1.54) is 12.8 Å². The lowest BCUT2D eigenvalue weighted by atomic mass is 10.2. The summed E-state index contributed by atoms with van der Waals surface area (Å²) < 4.78 is 0. The van der Waals surface area contributed by atoms with Crippen molar-refractivity contribution in [1.29, 1.82) is 0 Å². The standard InChI is InChI=1S/C10H20N2O2/c1-2-5-9(11)10(13)12-14-8-6-3-4-7-8/h8-9H,2-7,11H2,1H3,(H,12,13)/t9-/m1/s1. The highest BCUT2D eigenvalue weighted by atomic mass is 16.7. The van der Waals surface area contributed by atoms with Gasteiger partial charge in [-0.2, -0.15) is 0 Å². The second kappa shape index (κ2) is 5.98. The smallest absolute Gasteiger partial charge is 0.260 e. The molecule has 0 aromatic carbocycles. The highest BCUT2D eigenvalue weighted by molar-refractivity contribution is 5.80. The van der Waals surface area contributed by atoms with Gasteiger partial charge >= 0.3 is 0 Å². The lowest BCUT2D eigenvalue weighted by molar-refractivity contribution is -0.139. The van der Waals surface area contributed by atoms with Crippen LogP contribution in [-0.4, -0.2) is 18.1 Å². The molecule has 0 radical (unpaired) electrons. The molecule has 0 spiro atoms. The molecule has 14 heavy (non-hydrogen) atoms. The second-order valence-corrected chi connectivity index (χ2v) is 3.89. The second-order valence-electron chi connectivity index (χ2n) is 3.89. The van der Waals surface area contributed by atoms with Crippen molar-refractivity contribution in [1.82, 2.24) is 5.48 Å². The zero-order chi connectivity index (χ0) is 10.4. The van der Waals surface area contributed by atoms with Crippen molar-refractivity contribution in [3.63, 3.8) is 0 Å². The molecule has 0 aromatic heterocycles. The van der Waals surface area contributed by atoms with Crippen molar-refractivity contribution in [2.24, 2.45) is 5.73 Å². The Morgan fingerprint density at radius 1 is 1.57 bits per heavy atom. The molecule has 1 atom stereocenters. The molecule has 0 aliphatic heterocycles. The molecule has 0 bridgehead atoms. The highest BCUT2D eigenvalue weighted by Crippen LogP contribution is 2.19. The molecule has 4 heteroatoms. The first-order valence-electron chi connectivity index (χ1n) is 5.45. The molecular weight excluding hydrogens is 180 g/mol. The molecule has 1 amide bonds. The predicted molar refractivity (Wildman–Crippen MR) is 54.4 cm³/mol. The van der Waals surface area contributed by atoms with Gasteiger partial charge in [0.2, 0.25) is 0 Å². The minimum absolute atomic E-state index is 0.196. The van der Waals surface area contributed by atoms with Crippen LogP contribution in [-0.2, 0) is 9.63 Å². The Labute approximate surface area is 85.1 Å². The van der Waals surface area contributed by atoms with E-state index in [1.807, 2.05) is 6.92 Å². The quantitative estimate of drug-likeness (QED) is 0.653. The minimum atomic E-state index is -0.429. The van der Waals surface area contributed by atoms with Gasteiger partial charge in [0, 0.05) is 0 Å². The van der Waals surface area contributed by atoms with Crippen molar-refractivity contribution in [2.45, 2.75) is 57.6 Å². The molecule has 0 aromatic rings. The third kappa shape index (κ3) is 3.64. The number of nitrogens with two attached hydrogens (primary N) is 1. The maximum atomic E-state index is 11.3. The van der Waals surface area contributed by atoms with Gasteiger partial charge in [0.05, 0.1) is 12.1 Å². The van der Waals surface area contributed by atoms with Gasteiger partial charge in [0.1, 0.15) is 0 Å². The Kier molecular flexibility index (Phi) is 4.90. The van der Waals surface area contributed by atoms with E-state index in [2.05, 4.69) is 5.48 Å². The lowest BCUT2D eigenvalue weighted by Gasteiger charge is -2.14. The van der Waals surface area contributed by atoms with Crippen LogP contribution in [0.4, 0.5) is 0 Å². The van der Waals surface area contributed by atoms with Crippen LogP contribution < -0.4 is 11.2 Å². The van der Waals surface area contributed by atoms with Crippen LogP contribution in [0.5, 0.6) is 0 Å². The minimum Gasteiger partial charge on any atom is -0.320 e. The van der Waals surface area contributed by atoms with Crippen LogP contribution in [0.3, 0.4) is 0 Å². The van der Waals surface area contributed by atoms with Crippen molar-refractivity contribution < 1.29 is 9.63 Å². The number of hydrogen-bond donors (Lipinski definition) is 2. The molecule has 1 aliphatic carbocycles. The average Bonchev–Trinajstić information content (AvgIpc) is 2.67. The molecule has 0 heterocycles. The molecule has 0 saturated heterocycles. The van der Waals surface area contributed by atoms with E-state index < -0.39 is 6.04 Å². The molecule has 4 nitrogen and oxygen atoms in total. The van der Waals surface area contributed by atoms with Gasteiger partial charge in [-0.25, -0.2) is 5.48 Å². The summed E-state index contributed by atoms with van der Waals surface area (Å²) in [6, 6.07) is -0.429. The number of carbonyl (C=O) groups excluding carboxylic acids is 1. The summed E-state index contributed by atoms with van der Waals surface area (Å²) in [5, 5.41) is 0. The topological polar surface area (TPSA) is 64.4 Å². The van der Waals surface area contributed by atoms with Crippen molar-refractivity contribution in [2.75, 3.05) is 0 Å². The molecule has 1 fully saturated rings. The van der Waals surface area contributed by atoms with Gasteiger partial charge in [-0.15, -0.1) is 0 Å². The van der Waals surface area contributed by atoms with E-state index in [1.54, 1.807) is 0 Å². The molecule has 3 N–H and O–H groups in total. The Hall–Kier alpha value is -0.610. The van der Waals surface area contributed by atoms with Gasteiger partial charge in [0.15, 0.2) is 0 Å². The van der Waals surface area contributed by atoms with E-state index >= 15 is 0 Å². The number of nitrogens with one attached hydrogen (secondary N) is 1. The van der Waals surface area contributed by atoms with Gasteiger partial charge in [-0.1, -0.05) is 26.2 Å². The van der Waals surface area contributed by atoms with Crippen molar-refractivity contribution >= 4 is 5.91 Å². The van der Waals surface area contributed by atoms with E-state index in [9.17, 15) is 4.79 Å². The maximum absolute atomic E-state index is 11.3. The first-order valence-corrected chi connectivity index (χ1v) is 5.45. The predicted octanol–water partition coefficient (Wildman–Crippen LogP) is 1.10. The van der Waals surface area contributed by atoms with Crippen molar-refractivity contribution in [3.8, 4) is 0 Å². The fourth-order valence-electron chi connectivity index (χ4n) is 1.67. The van der Waals surface area contributed by atoms with Crippen LogP contribution in [0.1, 0.15) is 45.4 Å². The summed E-state index contributed by atoms with van der Waals surface area (Å²) in [5.74, 6) is -0.196. The Morgan fingerprint density at radius 2 is 2.21 bits per heavy atom. The number of amides is 1. The Balaban J connectivity index is 2.13. The molecule has 1 rings (SSSR count). The largest absolute Gasteiger partial charge is 0.320 e. The van der Waals surface area contributed by atoms with Crippen LogP contribution in [0.25, 0.3) is 0 Å². The third-order valence-corrected chi connectivity index (χ3v) is 2.56. The zero-order valence-corrected chi connectivity index (χ0v) is 8.79. The third-order valence-electron chi connectivity index (χ3n) is 2.56. The summed E-state index contributed by atoms with van der Waals surface area (Å²) >= 11 is 0. The van der Waals surface area contributed by atoms with Gasteiger partial charge in [0.25, 0.3) is 5.91 Å². The SMILES string of the molecule is CCC[C@@H](N)C(=O)NOC1CCCC1. The van der Waals surface area contributed by atoms with Crippen LogP contribution in [0, 0.1) is 0 Å². The van der Waals surface area contributed by atoms with Gasteiger partial charge < -0.3 is 5.73 Å². The monoisotopic (exact) mass is 200 g/mol. The van der Waals surface area contributed by atoms with Crippen LogP contribution in [0.15, 0.2) is 0 Å². The summed E-state index contributed by atoms with van der Waals surface area (Å²) in [5.41, 5.74) is 8.07.